The van der Waals surface area contributed by atoms with Crippen LogP contribution < -0.4 is 15.4 Å². The van der Waals surface area contributed by atoms with Gasteiger partial charge in [-0.3, -0.25) is 10.1 Å². The van der Waals surface area contributed by atoms with Gasteiger partial charge in [-0.1, -0.05) is 32.9 Å². The van der Waals surface area contributed by atoms with Crippen molar-refractivity contribution in [1.29, 1.82) is 0 Å². The number of halogens is 1. The average Bonchev–Trinajstić information content (AvgIpc) is 2.54. The number of anilines is 1. The molecule has 4 nitrogen and oxygen atoms in total. The third-order valence-corrected chi connectivity index (χ3v) is 4.37. The Morgan fingerprint density at radius 1 is 1.08 bits per heavy atom. The van der Waals surface area contributed by atoms with Gasteiger partial charge in [-0.05, 0) is 82.2 Å². The lowest BCUT2D eigenvalue weighted by Crippen LogP contribution is -2.37. The molecule has 0 saturated heterocycles. The second-order valence-corrected chi connectivity index (χ2v) is 8.23. The Hall–Kier alpha value is -1.67. The maximum absolute atomic E-state index is 11.9. The summed E-state index contributed by atoms with van der Waals surface area (Å²) < 4.78 is 6.63. The van der Waals surface area contributed by atoms with E-state index >= 15 is 0 Å². The predicted molar refractivity (Wildman–Crippen MR) is 114 cm³/mol. The summed E-state index contributed by atoms with van der Waals surface area (Å²) >= 11 is 7.36. The number of rotatable bonds is 4. The number of carbonyl (C=O) groups is 1. The van der Waals surface area contributed by atoms with Crippen LogP contribution in [-0.2, 0) is 10.2 Å². The number of ether oxygens (including phenoxy) is 1. The van der Waals surface area contributed by atoms with Gasteiger partial charge in [-0.25, -0.2) is 0 Å². The Morgan fingerprint density at radius 3 is 2.24 bits per heavy atom. The smallest absolute Gasteiger partial charge is 0.264 e. The van der Waals surface area contributed by atoms with E-state index in [4.69, 9.17) is 17.0 Å². The van der Waals surface area contributed by atoms with Crippen molar-refractivity contribution in [3.63, 3.8) is 0 Å². The summed E-state index contributed by atoms with van der Waals surface area (Å²) in [5.41, 5.74) is 2.13. The van der Waals surface area contributed by atoms with Gasteiger partial charge in [-0.15, -0.1) is 0 Å². The van der Waals surface area contributed by atoms with E-state index in [-0.39, 0.29) is 23.0 Å². The first-order chi connectivity index (χ1) is 11.7. The van der Waals surface area contributed by atoms with Crippen LogP contribution in [0, 0.1) is 3.57 Å². The molecule has 6 heteroatoms. The fourth-order valence-electron chi connectivity index (χ4n) is 2.06. The second kappa shape index (κ2) is 8.62. The van der Waals surface area contributed by atoms with E-state index in [1.165, 1.54) is 5.56 Å². The maximum Gasteiger partial charge on any atom is 0.264 e. The lowest BCUT2D eigenvalue weighted by Gasteiger charge is -2.19. The number of hydrogen-bond acceptors (Lipinski definition) is 3. The zero-order valence-corrected chi connectivity index (χ0v) is 17.4. The van der Waals surface area contributed by atoms with Gasteiger partial charge in [0.15, 0.2) is 11.7 Å². The van der Waals surface area contributed by atoms with Gasteiger partial charge in [-0.2, -0.15) is 0 Å². The first-order valence-electron chi connectivity index (χ1n) is 7.84. The van der Waals surface area contributed by atoms with E-state index in [1.54, 1.807) is 0 Å². The number of carbonyl (C=O) groups excluding carboxylic acids is 1. The monoisotopic (exact) mass is 468 g/mol. The van der Waals surface area contributed by atoms with Crippen molar-refractivity contribution in [3.8, 4) is 5.75 Å². The van der Waals surface area contributed by atoms with Crippen LogP contribution >= 0.6 is 34.8 Å². The fourth-order valence-corrected chi connectivity index (χ4v) is 2.65. The number of amides is 1. The first-order valence-corrected chi connectivity index (χ1v) is 9.32. The summed E-state index contributed by atoms with van der Waals surface area (Å²) in [6, 6.07) is 15.5. The van der Waals surface area contributed by atoms with Crippen molar-refractivity contribution in [3.05, 3.63) is 57.7 Å². The molecule has 0 spiro atoms. The molecular formula is C19H21IN2O2S. The first kappa shape index (κ1) is 19.7. The van der Waals surface area contributed by atoms with Gasteiger partial charge >= 0.3 is 0 Å². The van der Waals surface area contributed by atoms with E-state index in [0.29, 0.717) is 5.75 Å². The normalized spacial score (nSPS) is 10.9. The Kier molecular flexibility index (Phi) is 6.78. The van der Waals surface area contributed by atoms with Gasteiger partial charge in [0.1, 0.15) is 5.75 Å². The Bertz CT molecular complexity index is 738. The molecule has 25 heavy (non-hydrogen) atoms. The molecule has 2 aromatic rings. The summed E-state index contributed by atoms with van der Waals surface area (Å²) in [7, 11) is 0. The molecule has 0 aliphatic heterocycles. The van der Waals surface area contributed by atoms with Crippen LogP contribution in [0.25, 0.3) is 0 Å². The van der Waals surface area contributed by atoms with Gasteiger partial charge in [0.25, 0.3) is 5.91 Å². The fraction of sp³-hybridized carbons (Fsp3) is 0.263. The molecule has 2 rings (SSSR count). The molecule has 1 amide bonds. The van der Waals surface area contributed by atoms with E-state index in [0.717, 1.165) is 9.26 Å². The number of thiocarbonyl (C=S) groups is 1. The van der Waals surface area contributed by atoms with Crippen LogP contribution in [0.4, 0.5) is 5.69 Å². The molecule has 0 aliphatic rings. The molecule has 0 aromatic heterocycles. The number of benzene rings is 2. The highest BCUT2D eigenvalue weighted by atomic mass is 127. The van der Waals surface area contributed by atoms with Crippen molar-refractivity contribution >= 4 is 51.5 Å². The zero-order valence-electron chi connectivity index (χ0n) is 14.4. The molecule has 0 bridgehead atoms. The molecule has 0 aliphatic carbocycles. The second-order valence-electron chi connectivity index (χ2n) is 6.57. The van der Waals surface area contributed by atoms with Crippen LogP contribution in [0.2, 0.25) is 0 Å². The minimum atomic E-state index is -0.303. The Labute approximate surface area is 167 Å². The molecule has 132 valence electrons. The van der Waals surface area contributed by atoms with Crippen molar-refractivity contribution in [2.75, 3.05) is 11.9 Å². The van der Waals surface area contributed by atoms with Crippen molar-refractivity contribution in [2.45, 2.75) is 26.2 Å². The minimum Gasteiger partial charge on any atom is -0.484 e. The van der Waals surface area contributed by atoms with E-state index in [1.807, 2.05) is 48.5 Å². The quantitative estimate of drug-likeness (QED) is 0.514. The van der Waals surface area contributed by atoms with Gasteiger partial charge in [0.05, 0.1) is 0 Å². The largest absolute Gasteiger partial charge is 0.484 e. The SMILES string of the molecule is CC(C)(C)c1ccc(OCC(=O)NC(=S)Nc2ccc(I)cc2)cc1. The Morgan fingerprint density at radius 2 is 1.68 bits per heavy atom. The highest BCUT2D eigenvalue weighted by Crippen LogP contribution is 2.24. The summed E-state index contributed by atoms with van der Waals surface area (Å²) in [6.07, 6.45) is 0. The molecule has 2 aromatic carbocycles. The van der Waals surface area contributed by atoms with E-state index in [9.17, 15) is 4.79 Å². The Balaban J connectivity index is 1.80. The lowest BCUT2D eigenvalue weighted by atomic mass is 9.87. The van der Waals surface area contributed by atoms with Crippen molar-refractivity contribution in [2.24, 2.45) is 0 Å². The predicted octanol–water partition coefficient (Wildman–Crippen LogP) is 4.48. The summed E-state index contributed by atoms with van der Waals surface area (Å²) in [5.74, 6) is 0.350. The van der Waals surface area contributed by atoms with Crippen LogP contribution in [-0.4, -0.2) is 17.6 Å². The highest BCUT2D eigenvalue weighted by molar-refractivity contribution is 14.1. The van der Waals surface area contributed by atoms with Gasteiger partial charge < -0.3 is 10.1 Å². The molecule has 0 atom stereocenters. The van der Waals surface area contributed by atoms with Crippen molar-refractivity contribution < 1.29 is 9.53 Å². The summed E-state index contributed by atoms with van der Waals surface area (Å²) in [4.78, 5) is 11.9. The molecule has 0 fully saturated rings. The molecule has 0 unspecified atom stereocenters. The number of hydrogen-bond donors (Lipinski definition) is 2. The van der Waals surface area contributed by atoms with E-state index < -0.39 is 0 Å². The van der Waals surface area contributed by atoms with Crippen molar-refractivity contribution in [1.82, 2.24) is 5.32 Å². The zero-order chi connectivity index (χ0) is 18.4. The highest BCUT2D eigenvalue weighted by Gasteiger charge is 2.13. The lowest BCUT2D eigenvalue weighted by molar-refractivity contribution is -0.121. The van der Waals surface area contributed by atoms with Crippen LogP contribution in [0.3, 0.4) is 0 Å². The summed E-state index contributed by atoms with van der Waals surface area (Å²) in [5, 5.41) is 5.81. The minimum absolute atomic E-state index is 0.0866. The molecule has 0 radical (unpaired) electrons. The van der Waals surface area contributed by atoms with Gasteiger partial charge in [0, 0.05) is 9.26 Å². The summed E-state index contributed by atoms with van der Waals surface area (Å²) in [6.45, 7) is 6.36. The molecule has 0 saturated carbocycles. The third-order valence-electron chi connectivity index (χ3n) is 3.45. The standard InChI is InChI=1S/C19H21IN2O2S/c1-19(2,3)13-4-10-16(11-5-13)24-12-17(23)22-18(25)21-15-8-6-14(20)7-9-15/h4-11H,12H2,1-3H3,(H2,21,22,23,25). The van der Waals surface area contributed by atoms with Gasteiger partial charge in [0.2, 0.25) is 0 Å². The van der Waals surface area contributed by atoms with Crippen LogP contribution in [0.5, 0.6) is 5.75 Å². The maximum atomic E-state index is 11.9. The molecule has 2 N–H and O–H groups in total. The number of nitrogens with one attached hydrogen (secondary N) is 2. The average molecular weight is 468 g/mol. The van der Waals surface area contributed by atoms with E-state index in [2.05, 4.69) is 54.0 Å². The molecular weight excluding hydrogens is 447 g/mol. The van der Waals surface area contributed by atoms with Crippen LogP contribution in [0.15, 0.2) is 48.5 Å². The topological polar surface area (TPSA) is 50.4 Å². The van der Waals surface area contributed by atoms with Crippen LogP contribution in [0.1, 0.15) is 26.3 Å². The third kappa shape index (κ3) is 6.62. The molecule has 0 heterocycles.